The first kappa shape index (κ1) is 11.8. The summed E-state index contributed by atoms with van der Waals surface area (Å²) < 4.78 is 0.802. The number of likely N-dealkylation sites (tertiary alicyclic amines) is 1. The Labute approximate surface area is 92.2 Å². The molecule has 0 atom stereocenters. The minimum atomic E-state index is 0.229. The standard InChI is InChI=1S/C13H18NO/c1-4-8-14(9-5-2)10-6-13(7-11-14)12(3)15/h1-2,13H,6-11H2,3H3/q+1. The minimum Gasteiger partial charge on any atom is -0.303 e. The summed E-state index contributed by atoms with van der Waals surface area (Å²) in [6.45, 7) is 4.94. The molecule has 15 heavy (non-hydrogen) atoms. The number of hydrogen-bond donors (Lipinski definition) is 0. The topological polar surface area (TPSA) is 17.1 Å². The van der Waals surface area contributed by atoms with Gasteiger partial charge >= 0.3 is 0 Å². The molecule has 1 saturated heterocycles. The molecule has 0 aliphatic carbocycles. The summed E-state index contributed by atoms with van der Waals surface area (Å²) in [6, 6.07) is 0. The second-order valence-corrected chi connectivity index (χ2v) is 4.40. The summed E-state index contributed by atoms with van der Waals surface area (Å²) in [5.74, 6) is 5.93. The second-order valence-electron chi connectivity index (χ2n) is 4.40. The maximum Gasteiger partial charge on any atom is 0.141 e. The average molecular weight is 204 g/mol. The van der Waals surface area contributed by atoms with Crippen molar-refractivity contribution < 1.29 is 9.28 Å². The van der Waals surface area contributed by atoms with Gasteiger partial charge in [0.05, 0.1) is 13.1 Å². The maximum absolute atomic E-state index is 11.2. The largest absolute Gasteiger partial charge is 0.303 e. The number of piperidine rings is 1. The Hall–Kier alpha value is -1.25. The molecular formula is C13H18NO+. The first-order chi connectivity index (χ1) is 7.13. The van der Waals surface area contributed by atoms with E-state index in [2.05, 4.69) is 11.8 Å². The van der Waals surface area contributed by atoms with Gasteiger partial charge in [-0.05, 0) is 18.8 Å². The molecule has 1 rings (SSSR count). The molecular weight excluding hydrogens is 186 g/mol. The van der Waals surface area contributed by atoms with Gasteiger partial charge in [-0.1, -0.05) is 0 Å². The summed E-state index contributed by atoms with van der Waals surface area (Å²) >= 11 is 0. The third-order valence-electron chi connectivity index (χ3n) is 3.33. The molecule has 0 unspecified atom stereocenters. The number of nitrogens with zero attached hydrogens (tertiary/aromatic N) is 1. The van der Waals surface area contributed by atoms with Crippen LogP contribution in [0.25, 0.3) is 0 Å². The molecule has 0 aromatic rings. The van der Waals surface area contributed by atoms with E-state index in [1.165, 1.54) is 0 Å². The SMILES string of the molecule is C#CC[N+]1(CC#C)CCC(C(C)=O)CC1. The highest BCUT2D eigenvalue weighted by molar-refractivity contribution is 5.78. The van der Waals surface area contributed by atoms with E-state index in [1.54, 1.807) is 6.92 Å². The zero-order chi connectivity index (χ0) is 11.3. The quantitative estimate of drug-likeness (QED) is 0.496. The highest BCUT2D eigenvalue weighted by Crippen LogP contribution is 2.23. The Balaban J connectivity index is 2.62. The van der Waals surface area contributed by atoms with Crippen molar-refractivity contribution in [2.45, 2.75) is 19.8 Å². The van der Waals surface area contributed by atoms with Crippen LogP contribution in [-0.4, -0.2) is 36.4 Å². The van der Waals surface area contributed by atoms with Crippen molar-refractivity contribution >= 4 is 5.78 Å². The first-order valence-corrected chi connectivity index (χ1v) is 5.36. The predicted octanol–water partition coefficient (Wildman–Crippen LogP) is 1.07. The van der Waals surface area contributed by atoms with E-state index in [4.69, 9.17) is 12.8 Å². The lowest BCUT2D eigenvalue weighted by Gasteiger charge is -2.40. The highest BCUT2D eigenvalue weighted by atomic mass is 16.1. The van der Waals surface area contributed by atoms with Crippen LogP contribution >= 0.6 is 0 Å². The number of carbonyl (C=O) groups is 1. The Bertz CT molecular complexity index is 292. The monoisotopic (exact) mass is 204 g/mol. The molecule has 0 radical (unpaired) electrons. The minimum absolute atomic E-state index is 0.229. The summed E-state index contributed by atoms with van der Waals surface area (Å²) in [5, 5.41) is 0. The van der Waals surface area contributed by atoms with Gasteiger partial charge in [0.2, 0.25) is 0 Å². The van der Waals surface area contributed by atoms with Crippen LogP contribution in [0.4, 0.5) is 0 Å². The van der Waals surface area contributed by atoms with Crippen LogP contribution in [0.1, 0.15) is 19.8 Å². The van der Waals surface area contributed by atoms with Crippen LogP contribution in [-0.2, 0) is 4.79 Å². The van der Waals surface area contributed by atoms with E-state index in [1.807, 2.05) is 0 Å². The molecule has 80 valence electrons. The van der Waals surface area contributed by atoms with Gasteiger partial charge in [0.15, 0.2) is 0 Å². The summed E-state index contributed by atoms with van der Waals surface area (Å²) in [5.41, 5.74) is 0. The Morgan fingerprint density at radius 3 is 2.07 bits per heavy atom. The second kappa shape index (κ2) is 5.01. The molecule has 0 spiro atoms. The lowest BCUT2D eigenvalue weighted by atomic mass is 9.91. The van der Waals surface area contributed by atoms with Crippen molar-refractivity contribution in [3.63, 3.8) is 0 Å². The third kappa shape index (κ3) is 2.85. The summed E-state index contributed by atoms with van der Waals surface area (Å²) in [4.78, 5) is 11.2. The molecule has 1 fully saturated rings. The predicted molar refractivity (Wildman–Crippen MR) is 60.8 cm³/mol. The molecule has 0 bridgehead atoms. The first-order valence-electron chi connectivity index (χ1n) is 5.36. The molecule has 0 N–H and O–H groups in total. The molecule has 0 aromatic heterocycles. The van der Waals surface area contributed by atoms with E-state index < -0.39 is 0 Å². The van der Waals surface area contributed by atoms with Gasteiger partial charge in [-0.15, -0.1) is 12.8 Å². The number of quaternary nitrogens is 1. The van der Waals surface area contributed by atoms with Crippen molar-refractivity contribution in [1.29, 1.82) is 0 Å². The van der Waals surface area contributed by atoms with E-state index in [-0.39, 0.29) is 5.92 Å². The number of hydrogen-bond acceptors (Lipinski definition) is 1. The molecule has 1 aliphatic heterocycles. The molecule has 0 amide bonds. The van der Waals surface area contributed by atoms with Gasteiger partial charge in [0.25, 0.3) is 0 Å². The van der Waals surface area contributed by atoms with Crippen LogP contribution in [0.2, 0.25) is 0 Å². The lowest BCUT2D eigenvalue weighted by Crippen LogP contribution is -2.54. The molecule has 1 heterocycles. The third-order valence-corrected chi connectivity index (χ3v) is 3.33. The molecule has 1 aliphatic rings. The fourth-order valence-corrected chi connectivity index (χ4v) is 2.28. The van der Waals surface area contributed by atoms with Crippen molar-refractivity contribution in [3.8, 4) is 24.7 Å². The molecule has 2 heteroatoms. The van der Waals surface area contributed by atoms with Crippen LogP contribution in [0.3, 0.4) is 0 Å². The normalized spacial score (nSPS) is 20.2. The van der Waals surface area contributed by atoms with Crippen molar-refractivity contribution in [2.75, 3.05) is 26.2 Å². The van der Waals surface area contributed by atoms with Crippen LogP contribution in [0, 0.1) is 30.6 Å². The van der Waals surface area contributed by atoms with Crippen LogP contribution in [0.15, 0.2) is 0 Å². The molecule has 2 nitrogen and oxygen atoms in total. The van der Waals surface area contributed by atoms with Gasteiger partial charge in [-0.3, -0.25) is 4.79 Å². The highest BCUT2D eigenvalue weighted by Gasteiger charge is 2.33. The number of Topliss-reactive ketones (excluding diaryl/α,β-unsaturated/α-hetero) is 1. The van der Waals surface area contributed by atoms with Gasteiger partial charge < -0.3 is 4.48 Å². The number of terminal acetylenes is 2. The van der Waals surface area contributed by atoms with E-state index in [0.717, 1.165) is 30.4 Å². The van der Waals surface area contributed by atoms with E-state index >= 15 is 0 Å². The fourth-order valence-electron chi connectivity index (χ4n) is 2.28. The number of ketones is 1. The number of carbonyl (C=O) groups excluding carboxylic acids is 1. The van der Waals surface area contributed by atoms with Crippen molar-refractivity contribution in [2.24, 2.45) is 5.92 Å². The van der Waals surface area contributed by atoms with Gasteiger partial charge in [0.1, 0.15) is 18.9 Å². The zero-order valence-corrected chi connectivity index (χ0v) is 9.33. The van der Waals surface area contributed by atoms with Crippen molar-refractivity contribution in [1.82, 2.24) is 0 Å². The fraction of sp³-hybridized carbons (Fsp3) is 0.615. The van der Waals surface area contributed by atoms with Gasteiger partial charge in [-0.2, -0.15) is 0 Å². The van der Waals surface area contributed by atoms with Gasteiger partial charge in [0, 0.05) is 18.8 Å². The number of rotatable bonds is 3. The van der Waals surface area contributed by atoms with E-state index in [0.29, 0.717) is 18.9 Å². The van der Waals surface area contributed by atoms with Crippen LogP contribution in [0.5, 0.6) is 0 Å². The Morgan fingerprint density at radius 2 is 1.73 bits per heavy atom. The maximum atomic E-state index is 11.2. The average Bonchev–Trinajstić information content (AvgIpc) is 2.19. The lowest BCUT2D eigenvalue weighted by molar-refractivity contribution is -0.920. The summed E-state index contributed by atoms with van der Waals surface area (Å²) in [6.07, 6.45) is 12.6. The summed E-state index contributed by atoms with van der Waals surface area (Å²) in [7, 11) is 0. The zero-order valence-electron chi connectivity index (χ0n) is 9.33. The Morgan fingerprint density at radius 1 is 1.27 bits per heavy atom. The smallest absolute Gasteiger partial charge is 0.141 e. The molecule has 0 saturated carbocycles. The Kier molecular flexibility index (Phi) is 3.95. The van der Waals surface area contributed by atoms with Gasteiger partial charge in [-0.25, -0.2) is 0 Å². The van der Waals surface area contributed by atoms with Crippen molar-refractivity contribution in [3.05, 3.63) is 0 Å². The van der Waals surface area contributed by atoms with Crippen LogP contribution < -0.4 is 0 Å². The molecule has 0 aromatic carbocycles. The van der Waals surface area contributed by atoms with E-state index in [9.17, 15) is 4.79 Å².